The van der Waals surface area contributed by atoms with Gasteiger partial charge in [0.1, 0.15) is 18.1 Å². The second-order valence-corrected chi connectivity index (χ2v) is 9.18. The fraction of sp³-hybridized carbons (Fsp3) is 0.762. The van der Waals surface area contributed by atoms with Gasteiger partial charge >= 0.3 is 11.9 Å². The number of carboxylic acids is 2. The maximum Gasteiger partial charge on any atom is 0.326 e. The van der Waals surface area contributed by atoms with Crippen LogP contribution in [0.3, 0.4) is 0 Å². The Balaban J connectivity index is 2.94. The van der Waals surface area contributed by atoms with Crippen LogP contribution >= 0.6 is 11.8 Å². The van der Waals surface area contributed by atoms with Crippen molar-refractivity contribution < 1.29 is 34.2 Å². The van der Waals surface area contributed by atoms with Gasteiger partial charge in [-0.25, -0.2) is 4.79 Å². The van der Waals surface area contributed by atoms with E-state index < -0.39 is 48.3 Å². The summed E-state index contributed by atoms with van der Waals surface area (Å²) in [6.07, 6.45) is 3.60. The lowest BCUT2D eigenvalue weighted by atomic mass is 9.98. The number of hydrogen-bond acceptors (Lipinski definition) is 7. The molecule has 0 aliphatic carbocycles. The third-order valence-corrected chi connectivity index (χ3v) is 6.32. The molecule has 0 saturated carbocycles. The van der Waals surface area contributed by atoms with Crippen molar-refractivity contribution in [2.24, 2.45) is 5.92 Å². The van der Waals surface area contributed by atoms with Gasteiger partial charge in [0.2, 0.25) is 17.7 Å². The van der Waals surface area contributed by atoms with E-state index in [0.29, 0.717) is 25.0 Å². The predicted molar refractivity (Wildman–Crippen MR) is 124 cm³/mol. The number of carboxylic acid groups (broad SMARTS) is 2. The summed E-state index contributed by atoms with van der Waals surface area (Å²) >= 11 is 1.49. The molecule has 0 spiro atoms. The molecule has 1 rings (SSSR count). The summed E-state index contributed by atoms with van der Waals surface area (Å²) in [7, 11) is 0. The number of aliphatic carboxylic acids is 2. The first-order valence-corrected chi connectivity index (χ1v) is 12.6. The van der Waals surface area contributed by atoms with E-state index in [9.17, 15) is 29.1 Å². The summed E-state index contributed by atoms with van der Waals surface area (Å²) < 4.78 is 0. The Morgan fingerprint density at radius 2 is 1.67 bits per heavy atom. The minimum Gasteiger partial charge on any atom is -0.481 e. The molecule has 1 heterocycles. The second kappa shape index (κ2) is 14.7. The number of carbonyl (C=O) groups is 5. The van der Waals surface area contributed by atoms with Crippen molar-refractivity contribution >= 4 is 41.4 Å². The normalized spacial score (nSPS) is 19.1. The number of thioether (sulfide) groups is 1. The molecule has 6 N–H and O–H groups in total. The zero-order valence-electron chi connectivity index (χ0n) is 19.4. The zero-order chi connectivity index (χ0) is 25.0. The summed E-state index contributed by atoms with van der Waals surface area (Å²) in [5, 5.41) is 29.2. The van der Waals surface area contributed by atoms with Crippen molar-refractivity contribution in [3.8, 4) is 0 Å². The van der Waals surface area contributed by atoms with Crippen LogP contribution in [0.4, 0.5) is 0 Å². The van der Waals surface area contributed by atoms with Crippen molar-refractivity contribution in [2.45, 2.75) is 76.5 Å². The minimum absolute atomic E-state index is 0.215. The van der Waals surface area contributed by atoms with Gasteiger partial charge in [0.15, 0.2) is 0 Å². The molecule has 33 heavy (non-hydrogen) atoms. The van der Waals surface area contributed by atoms with Crippen LogP contribution in [0, 0.1) is 5.92 Å². The molecule has 12 heteroatoms. The van der Waals surface area contributed by atoms with Crippen LogP contribution < -0.4 is 21.3 Å². The van der Waals surface area contributed by atoms with Gasteiger partial charge in [-0.2, -0.15) is 11.8 Å². The van der Waals surface area contributed by atoms with Gasteiger partial charge in [0.05, 0.1) is 6.04 Å². The first-order valence-electron chi connectivity index (χ1n) is 11.2. The topological polar surface area (TPSA) is 174 Å². The molecule has 1 fully saturated rings. The van der Waals surface area contributed by atoms with Crippen molar-refractivity contribution in [2.75, 3.05) is 18.6 Å². The first-order chi connectivity index (χ1) is 15.6. The molecular formula is C21H36N4O7S. The van der Waals surface area contributed by atoms with Crippen LogP contribution in [0.5, 0.6) is 0 Å². The monoisotopic (exact) mass is 488 g/mol. The van der Waals surface area contributed by atoms with Gasteiger partial charge in [-0.15, -0.1) is 0 Å². The van der Waals surface area contributed by atoms with Gasteiger partial charge in [0.25, 0.3) is 0 Å². The predicted octanol–water partition coefficient (Wildman–Crippen LogP) is -0.0586. The van der Waals surface area contributed by atoms with E-state index in [1.807, 2.05) is 6.26 Å². The lowest BCUT2D eigenvalue weighted by Crippen LogP contribution is -2.57. The molecule has 5 atom stereocenters. The largest absolute Gasteiger partial charge is 0.481 e. The lowest BCUT2D eigenvalue weighted by molar-refractivity contribution is -0.144. The van der Waals surface area contributed by atoms with E-state index in [0.717, 1.165) is 13.0 Å². The summed E-state index contributed by atoms with van der Waals surface area (Å²) in [6, 6.07) is -3.71. The van der Waals surface area contributed by atoms with Crippen molar-refractivity contribution in [1.29, 1.82) is 0 Å². The third-order valence-electron chi connectivity index (χ3n) is 5.68. The molecule has 0 aromatic carbocycles. The van der Waals surface area contributed by atoms with Crippen LogP contribution in [0.2, 0.25) is 0 Å². The van der Waals surface area contributed by atoms with Crippen LogP contribution in [0.15, 0.2) is 0 Å². The molecule has 11 nitrogen and oxygen atoms in total. The molecule has 0 bridgehead atoms. The molecule has 188 valence electrons. The highest BCUT2D eigenvalue weighted by Gasteiger charge is 2.32. The van der Waals surface area contributed by atoms with Crippen LogP contribution in [0.1, 0.15) is 52.4 Å². The minimum atomic E-state index is -1.25. The molecular weight excluding hydrogens is 452 g/mol. The van der Waals surface area contributed by atoms with E-state index in [1.165, 1.54) is 11.8 Å². The zero-order valence-corrected chi connectivity index (χ0v) is 20.2. The Bertz CT molecular complexity index is 700. The van der Waals surface area contributed by atoms with E-state index in [1.54, 1.807) is 13.8 Å². The summed E-state index contributed by atoms with van der Waals surface area (Å²) in [4.78, 5) is 60.9. The molecule has 0 aromatic rings. The maximum atomic E-state index is 13.0. The van der Waals surface area contributed by atoms with Gasteiger partial charge in [-0.1, -0.05) is 20.3 Å². The van der Waals surface area contributed by atoms with Crippen molar-refractivity contribution in [1.82, 2.24) is 21.3 Å². The Kier molecular flexibility index (Phi) is 12.8. The summed E-state index contributed by atoms with van der Waals surface area (Å²) in [6.45, 7) is 4.18. The van der Waals surface area contributed by atoms with Crippen molar-refractivity contribution in [3.63, 3.8) is 0 Å². The fourth-order valence-electron chi connectivity index (χ4n) is 3.43. The average Bonchev–Trinajstić information content (AvgIpc) is 3.31. The number of nitrogens with one attached hydrogen (secondary N) is 4. The molecule has 1 aliphatic rings. The number of hydrogen-bond donors (Lipinski definition) is 6. The van der Waals surface area contributed by atoms with Crippen LogP contribution in [-0.2, 0) is 24.0 Å². The smallest absolute Gasteiger partial charge is 0.326 e. The Labute approximate surface area is 198 Å². The Hall–Kier alpha value is -2.34. The fourth-order valence-corrected chi connectivity index (χ4v) is 3.90. The van der Waals surface area contributed by atoms with Crippen LogP contribution in [-0.4, -0.2) is 82.6 Å². The molecule has 1 saturated heterocycles. The molecule has 0 aromatic heterocycles. The first kappa shape index (κ1) is 28.7. The van der Waals surface area contributed by atoms with Crippen LogP contribution in [0.25, 0.3) is 0 Å². The average molecular weight is 489 g/mol. The summed E-state index contributed by atoms with van der Waals surface area (Å²) in [5.74, 6) is -3.84. The van der Waals surface area contributed by atoms with Gasteiger partial charge in [0, 0.05) is 6.42 Å². The molecule has 3 amide bonds. The molecule has 0 radical (unpaired) electrons. The highest BCUT2D eigenvalue weighted by Crippen LogP contribution is 2.11. The molecule has 5 unspecified atom stereocenters. The van der Waals surface area contributed by atoms with Gasteiger partial charge in [-0.05, 0) is 50.2 Å². The quantitative estimate of drug-likeness (QED) is 0.184. The Morgan fingerprint density at radius 1 is 1.03 bits per heavy atom. The highest BCUT2D eigenvalue weighted by molar-refractivity contribution is 7.98. The van der Waals surface area contributed by atoms with E-state index in [2.05, 4.69) is 21.3 Å². The number of carbonyl (C=O) groups excluding carboxylic acids is 3. The van der Waals surface area contributed by atoms with E-state index in [-0.39, 0.29) is 24.3 Å². The number of rotatable bonds is 15. The third kappa shape index (κ3) is 9.99. The number of amides is 3. The highest BCUT2D eigenvalue weighted by atomic mass is 32.2. The van der Waals surface area contributed by atoms with E-state index in [4.69, 9.17) is 5.11 Å². The maximum absolute atomic E-state index is 13.0. The second-order valence-electron chi connectivity index (χ2n) is 8.20. The van der Waals surface area contributed by atoms with Gasteiger partial charge in [-0.3, -0.25) is 19.2 Å². The summed E-state index contributed by atoms with van der Waals surface area (Å²) in [5.41, 5.74) is 0. The van der Waals surface area contributed by atoms with Gasteiger partial charge < -0.3 is 31.5 Å². The van der Waals surface area contributed by atoms with E-state index >= 15 is 0 Å². The SMILES string of the molecule is CCC(C)C(NC(=O)C(CCC(=O)O)NC(=O)C(CCSC)NC(=O)C1CCCN1)C(=O)O. The standard InChI is InChI=1S/C21H36N4O7S/c1-4-12(2)17(21(31)32)25-20(30)14(7-8-16(26)27)23-19(29)15(9-11-33-3)24-18(28)13-6-5-10-22-13/h12-15,17,22H,4-11H2,1-3H3,(H,23,29)(H,24,28)(H,25,30)(H,26,27)(H,31,32). The van der Waals surface area contributed by atoms with Crippen molar-refractivity contribution in [3.05, 3.63) is 0 Å². The Morgan fingerprint density at radius 3 is 2.18 bits per heavy atom. The lowest BCUT2D eigenvalue weighted by Gasteiger charge is -2.26. The molecule has 1 aliphatic heterocycles.